The average Bonchev–Trinajstić information content (AvgIpc) is 3.12. The second-order valence-corrected chi connectivity index (χ2v) is 7.55. The van der Waals surface area contributed by atoms with E-state index in [4.69, 9.17) is 5.73 Å². The number of piperidine rings is 1. The van der Waals surface area contributed by atoms with Crippen molar-refractivity contribution in [1.29, 1.82) is 0 Å². The van der Waals surface area contributed by atoms with Gasteiger partial charge < -0.3 is 20.7 Å². The number of esters is 1. The van der Waals surface area contributed by atoms with Crippen molar-refractivity contribution in [3.05, 3.63) is 41.6 Å². The van der Waals surface area contributed by atoms with E-state index in [1.54, 1.807) is 24.3 Å². The maximum Gasteiger partial charge on any atom is 0.343 e. The van der Waals surface area contributed by atoms with E-state index in [1.165, 1.54) is 30.8 Å². The van der Waals surface area contributed by atoms with Gasteiger partial charge in [0.05, 0.1) is 19.0 Å². The number of carbonyl (C=O) groups excluding carboxylic acids is 2. The van der Waals surface area contributed by atoms with Crippen molar-refractivity contribution >= 4 is 17.7 Å². The Labute approximate surface area is 171 Å². The van der Waals surface area contributed by atoms with Crippen LogP contribution < -0.4 is 11.1 Å². The van der Waals surface area contributed by atoms with E-state index in [2.05, 4.69) is 27.0 Å². The van der Waals surface area contributed by atoms with Crippen molar-refractivity contribution in [1.82, 2.24) is 20.0 Å². The van der Waals surface area contributed by atoms with Crippen LogP contribution in [0.4, 0.5) is 5.82 Å². The van der Waals surface area contributed by atoms with E-state index in [0.29, 0.717) is 17.8 Å². The first-order valence-electron chi connectivity index (χ1n) is 10.0. The van der Waals surface area contributed by atoms with Crippen LogP contribution >= 0.6 is 0 Å². The number of likely N-dealkylation sites (tertiary alicyclic amines) is 1. The Balaban J connectivity index is 1.51. The molecule has 1 aliphatic rings. The van der Waals surface area contributed by atoms with Crippen molar-refractivity contribution in [2.75, 3.05) is 39.0 Å². The van der Waals surface area contributed by atoms with Crippen LogP contribution in [0.25, 0.3) is 5.69 Å². The number of nitrogens with zero attached hydrogens (tertiary/aromatic N) is 3. The molecule has 1 unspecified atom stereocenters. The summed E-state index contributed by atoms with van der Waals surface area (Å²) >= 11 is 0. The van der Waals surface area contributed by atoms with E-state index in [-0.39, 0.29) is 17.3 Å². The molecule has 1 atom stereocenters. The van der Waals surface area contributed by atoms with Crippen LogP contribution in [0.5, 0.6) is 0 Å². The normalized spacial score (nSPS) is 17.1. The molecule has 8 heteroatoms. The molecule has 8 nitrogen and oxygen atoms in total. The Hall–Kier alpha value is -2.87. The minimum atomic E-state index is -0.538. The van der Waals surface area contributed by atoms with Gasteiger partial charge in [-0.25, -0.2) is 9.48 Å². The molecule has 0 spiro atoms. The Bertz CT molecular complexity index is 847. The smallest absolute Gasteiger partial charge is 0.343 e. The summed E-state index contributed by atoms with van der Waals surface area (Å²) in [6.45, 7) is 6.28. The Morgan fingerprint density at radius 1 is 1.31 bits per heavy atom. The molecule has 1 amide bonds. The summed E-state index contributed by atoms with van der Waals surface area (Å²) in [7, 11) is 1.29. The molecular weight excluding hydrogens is 370 g/mol. The largest absolute Gasteiger partial charge is 0.465 e. The van der Waals surface area contributed by atoms with Crippen LogP contribution in [-0.2, 0) is 4.74 Å². The molecule has 1 aromatic heterocycles. The summed E-state index contributed by atoms with van der Waals surface area (Å²) < 4.78 is 6.12. The first kappa shape index (κ1) is 20.9. The van der Waals surface area contributed by atoms with Crippen molar-refractivity contribution in [2.45, 2.75) is 26.2 Å². The first-order valence-corrected chi connectivity index (χ1v) is 10.0. The highest BCUT2D eigenvalue weighted by molar-refractivity contribution is 5.95. The van der Waals surface area contributed by atoms with Crippen LogP contribution in [0.15, 0.2) is 30.5 Å². The number of hydrogen-bond acceptors (Lipinski definition) is 6. The van der Waals surface area contributed by atoms with E-state index in [9.17, 15) is 9.59 Å². The van der Waals surface area contributed by atoms with Gasteiger partial charge in [0.2, 0.25) is 0 Å². The van der Waals surface area contributed by atoms with Crippen LogP contribution in [0, 0.1) is 5.92 Å². The van der Waals surface area contributed by atoms with Gasteiger partial charge in [-0.05, 0) is 62.5 Å². The summed E-state index contributed by atoms with van der Waals surface area (Å²) in [5.74, 6) is 0.321. The van der Waals surface area contributed by atoms with Gasteiger partial charge >= 0.3 is 5.97 Å². The van der Waals surface area contributed by atoms with Gasteiger partial charge in [0.1, 0.15) is 11.4 Å². The van der Waals surface area contributed by atoms with Crippen LogP contribution in [0.3, 0.4) is 0 Å². The number of anilines is 1. The third-order valence-electron chi connectivity index (χ3n) is 5.26. The predicted molar refractivity (Wildman–Crippen MR) is 111 cm³/mol. The van der Waals surface area contributed by atoms with E-state index in [1.807, 2.05) is 0 Å². The number of benzene rings is 1. The zero-order valence-electron chi connectivity index (χ0n) is 17.1. The number of nitrogens with two attached hydrogens (primary N) is 1. The Morgan fingerprint density at radius 2 is 2.07 bits per heavy atom. The zero-order valence-corrected chi connectivity index (χ0v) is 17.1. The summed E-state index contributed by atoms with van der Waals surface area (Å²) in [6, 6.07) is 6.93. The predicted octanol–water partition coefficient (Wildman–Crippen LogP) is 2.09. The highest BCUT2D eigenvalue weighted by atomic mass is 16.5. The van der Waals surface area contributed by atoms with Gasteiger partial charge in [0.15, 0.2) is 0 Å². The fourth-order valence-corrected chi connectivity index (χ4v) is 3.68. The number of carbonyl (C=O) groups is 2. The lowest BCUT2D eigenvalue weighted by Gasteiger charge is -2.30. The van der Waals surface area contributed by atoms with E-state index >= 15 is 0 Å². The fraction of sp³-hybridized carbons (Fsp3) is 0.476. The quantitative estimate of drug-likeness (QED) is 0.546. The molecule has 29 heavy (non-hydrogen) atoms. The fourth-order valence-electron chi connectivity index (χ4n) is 3.68. The maximum absolute atomic E-state index is 12.4. The summed E-state index contributed by atoms with van der Waals surface area (Å²) in [5, 5.41) is 7.10. The number of aromatic nitrogens is 2. The zero-order chi connectivity index (χ0) is 20.8. The average molecular weight is 399 g/mol. The molecule has 1 saturated heterocycles. The SMILES string of the molecule is COC(=O)c1cnn(-c2ccc(C(=O)NCCCN3CCCC(C)C3)cc2)c1N. The van der Waals surface area contributed by atoms with Gasteiger partial charge in [-0.15, -0.1) is 0 Å². The van der Waals surface area contributed by atoms with Gasteiger partial charge in [0, 0.05) is 18.7 Å². The Kier molecular flexibility index (Phi) is 6.87. The van der Waals surface area contributed by atoms with Gasteiger partial charge in [-0.2, -0.15) is 5.10 Å². The standard InChI is InChI=1S/C21H29N5O3/c1-15-5-3-11-25(14-15)12-4-10-23-20(27)16-6-8-17(9-7-16)26-19(22)18(13-24-26)21(28)29-2/h6-9,13,15H,3-5,10-12,14,22H2,1-2H3,(H,23,27). The molecule has 0 aliphatic carbocycles. The number of amides is 1. The molecule has 1 fully saturated rings. The van der Waals surface area contributed by atoms with Crippen LogP contribution in [0.2, 0.25) is 0 Å². The highest BCUT2D eigenvalue weighted by Gasteiger charge is 2.17. The number of methoxy groups -OCH3 is 1. The molecule has 156 valence electrons. The van der Waals surface area contributed by atoms with Gasteiger partial charge in [-0.1, -0.05) is 6.92 Å². The molecule has 2 aromatic rings. The highest BCUT2D eigenvalue weighted by Crippen LogP contribution is 2.18. The topological polar surface area (TPSA) is 102 Å². The number of ether oxygens (including phenoxy) is 1. The molecule has 1 aromatic carbocycles. The number of nitrogens with one attached hydrogen (secondary N) is 1. The summed E-state index contributed by atoms with van der Waals surface area (Å²) in [4.78, 5) is 26.5. The molecule has 3 N–H and O–H groups in total. The molecule has 0 saturated carbocycles. The molecule has 1 aliphatic heterocycles. The summed E-state index contributed by atoms with van der Waals surface area (Å²) in [6.07, 6.45) is 4.89. The molecular formula is C21H29N5O3. The molecule has 0 bridgehead atoms. The van der Waals surface area contributed by atoms with Gasteiger partial charge in [-0.3, -0.25) is 4.79 Å². The lowest BCUT2D eigenvalue weighted by atomic mass is 10.0. The Morgan fingerprint density at radius 3 is 2.76 bits per heavy atom. The van der Waals surface area contributed by atoms with Crippen LogP contribution in [-0.4, -0.2) is 59.8 Å². The number of rotatable bonds is 7. The monoisotopic (exact) mass is 399 g/mol. The maximum atomic E-state index is 12.4. The first-order chi connectivity index (χ1) is 14.0. The van der Waals surface area contributed by atoms with Crippen molar-refractivity contribution in [2.24, 2.45) is 5.92 Å². The van der Waals surface area contributed by atoms with Crippen molar-refractivity contribution in [3.63, 3.8) is 0 Å². The number of nitrogen functional groups attached to an aromatic ring is 1. The van der Waals surface area contributed by atoms with Crippen LogP contribution in [0.1, 0.15) is 46.9 Å². The lowest BCUT2D eigenvalue weighted by molar-refractivity contribution is 0.0601. The third-order valence-corrected chi connectivity index (χ3v) is 5.26. The summed E-state index contributed by atoms with van der Waals surface area (Å²) in [5.41, 5.74) is 7.41. The van der Waals surface area contributed by atoms with Crippen molar-refractivity contribution < 1.29 is 14.3 Å². The minimum Gasteiger partial charge on any atom is -0.465 e. The molecule has 2 heterocycles. The third kappa shape index (κ3) is 5.14. The van der Waals surface area contributed by atoms with E-state index in [0.717, 1.165) is 32.0 Å². The number of hydrogen-bond donors (Lipinski definition) is 2. The van der Waals surface area contributed by atoms with E-state index < -0.39 is 5.97 Å². The minimum absolute atomic E-state index is 0.104. The van der Waals surface area contributed by atoms with Crippen molar-refractivity contribution in [3.8, 4) is 5.69 Å². The second kappa shape index (κ2) is 9.56. The molecule has 3 rings (SSSR count). The molecule has 0 radical (unpaired) electrons. The lowest BCUT2D eigenvalue weighted by Crippen LogP contribution is -2.36. The second-order valence-electron chi connectivity index (χ2n) is 7.55. The van der Waals surface area contributed by atoms with Gasteiger partial charge in [0.25, 0.3) is 5.91 Å².